The van der Waals surface area contributed by atoms with Gasteiger partial charge in [0.25, 0.3) is 0 Å². The molecule has 20 heavy (non-hydrogen) atoms. The number of hydrogen-bond acceptors (Lipinski definition) is 4. The number of nitrogens with zero attached hydrogens (tertiary/aromatic N) is 6. The molecule has 0 unspecified atom stereocenters. The highest BCUT2D eigenvalue weighted by Gasteiger charge is 2.18. The van der Waals surface area contributed by atoms with Gasteiger partial charge < -0.3 is 0 Å². The lowest BCUT2D eigenvalue weighted by atomic mass is 10.2. The molecule has 0 saturated heterocycles. The van der Waals surface area contributed by atoms with Gasteiger partial charge in [-0.3, -0.25) is 4.68 Å². The van der Waals surface area contributed by atoms with Crippen LogP contribution in [-0.2, 0) is 13.5 Å². The van der Waals surface area contributed by atoms with Crippen molar-refractivity contribution in [3.8, 4) is 11.4 Å². The molecule has 0 N–H and O–H groups in total. The molecular formula is C13H15ClN6. The molecule has 6 nitrogen and oxygen atoms in total. The summed E-state index contributed by atoms with van der Waals surface area (Å²) in [5.41, 5.74) is 4.56. The zero-order chi connectivity index (χ0) is 14.4. The first kappa shape index (κ1) is 13.1. The van der Waals surface area contributed by atoms with Gasteiger partial charge in [0.15, 0.2) is 16.6 Å². The Balaban J connectivity index is 2.32. The van der Waals surface area contributed by atoms with E-state index >= 15 is 0 Å². The number of aryl methyl sites for hydroxylation is 3. The highest BCUT2D eigenvalue weighted by atomic mass is 35.5. The molecule has 3 aromatic rings. The predicted molar refractivity (Wildman–Crippen MR) is 76.8 cm³/mol. The largest absolute Gasteiger partial charge is 0.275 e. The minimum absolute atomic E-state index is 0.470. The molecule has 0 aromatic carbocycles. The Bertz CT molecular complexity index is 801. The van der Waals surface area contributed by atoms with Gasteiger partial charge in [-0.1, -0.05) is 18.5 Å². The fourth-order valence-electron chi connectivity index (χ4n) is 2.24. The minimum atomic E-state index is 0.470. The Morgan fingerprint density at radius 2 is 1.90 bits per heavy atom. The summed E-state index contributed by atoms with van der Waals surface area (Å²) in [6.07, 6.45) is 2.75. The quantitative estimate of drug-likeness (QED) is 0.727. The fourth-order valence-corrected chi connectivity index (χ4v) is 2.46. The molecule has 104 valence electrons. The van der Waals surface area contributed by atoms with E-state index < -0.39 is 0 Å². The SMILES string of the molecule is CCc1nn(C)cc1-c1nnc2c(C)c(C)c(Cl)nn12. The average molecular weight is 291 g/mol. The molecule has 0 saturated carbocycles. The van der Waals surface area contributed by atoms with Gasteiger partial charge in [0.2, 0.25) is 0 Å². The Labute approximate surface area is 121 Å². The van der Waals surface area contributed by atoms with Gasteiger partial charge in [-0.25, -0.2) is 0 Å². The van der Waals surface area contributed by atoms with Crippen LogP contribution >= 0.6 is 11.6 Å². The van der Waals surface area contributed by atoms with Crippen LogP contribution in [0.5, 0.6) is 0 Å². The van der Waals surface area contributed by atoms with Gasteiger partial charge in [0.05, 0.1) is 11.3 Å². The van der Waals surface area contributed by atoms with E-state index in [1.165, 1.54) is 0 Å². The molecule has 3 aromatic heterocycles. The first-order valence-corrected chi connectivity index (χ1v) is 6.81. The molecule has 3 heterocycles. The van der Waals surface area contributed by atoms with Crippen molar-refractivity contribution in [3.63, 3.8) is 0 Å². The summed E-state index contributed by atoms with van der Waals surface area (Å²) in [4.78, 5) is 0. The van der Waals surface area contributed by atoms with Gasteiger partial charge >= 0.3 is 0 Å². The summed E-state index contributed by atoms with van der Waals surface area (Å²) in [5.74, 6) is 0.676. The number of hydrogen-bond donors (Lipinski definition) is 0. The standard InChI is InChI=1S/C13H15ClN6/c1-5-10-9(6-19(4)17-10)13-16-15-12-8(3)7(2)11(14)18-20(12)13/h6H,5H2,1-4H3. The third-order valence-electron chi connectivity index (χ3n) is 3.52. The van der Waals surface area contributed by atoms with Crippen LogP contribution in [0.2, 0.25) is 5.15 Å². The summed E-state index contributed by atoms with van der Waals surface area (Å²) in [6, 6.07) is 0. The summed E-state index contributed by atoms with van der Waals surface area (Å²) in [5, 5.41) is 17.8. The smallest absolute Gasteiger partial charge is 0.188 e. The third-order valence-corrected chi connectivity index (χ3v) is 3.88. The Morgan fingerprint density at radius 3 is 2.60 bits per heavy atom. The van der Waals surface area contributed by atoms with Crippen LogP contribution < -0.4 is 0 Å². The summed E-state index contributed by atoms with van der Waals surface area (Å²) in [6.45, 7) is 5.96. The molecule has 3 rings (SSSR count). The first-order valence-electron chi connectivity index (χ1n) is 6.44. The molecule has 0 aliphatic rings. The first-order chi connectivity index (χ1) is 9.52. The van der Waals surface area contributed by atoms with Crippen LogP contribution in [0, 0.1) is 13.8 Å². The number of fused-ring (bicyclic) bond motifs is 1. The van der Waals surface area contributed by atoms with Crippen LogP contribution in [0.1, 0.15) is 23.7 Å². The van der Waals surface area contributed by atoms with Crippen LogP contribution in [0.15, 0.2) is 6.20 Å². The molecule has 0 fully saturated rings. The fraction of sp³-hybridized carbons (Fsp3) is 0.385. The van der Waals surface area contributed by atoms with Crippen molar-refractivity contribution in [1.29, 1.82) is 0 Å². The lowest BCUT2D eigenvalue weighted by Gasteiger charge is -2.04. The van der Waals surface area contributed by atoms with Crippen molar-refractivity contribution in [2.45, 2.75) is 27.2 Å². The molecule has 0 spiro atoms. The minimum Gasteiger partial charge on any atom is -0.275 e. The highest BCUT2D eigenvalue weighted by molar-refractivity contribution is 6.30. The second-order valence-electron chi connectivity index (χ2n) is 4.82. The van der Waals surface area contributed by atoms with Crippen LogP contribution in [0.25, 0.3) is 17.0 Å². The Morgan fingerprint density at radius 1 is 1.15 bits per heavy atom. The number of aromatic nitrogens is 6. The Kier molecular flexibility index (Phi) is 2.97. The van der Waals surface area contributed by atoms with E-state index in [4.69, 9.17) is 11.6 Å². The zero-order valence-electron chi connectivity index (χ0n) is 11.8. The predicted octanol–water partition coefficient (Wildman–Crippen LogP) is 2.36. The van der Waals surface area contributed by atoms with E-state index in [1.54, 1.807) is 9.20 Å². The van der Waals surface area contributed by atoms with Gasteiger partial charge in [0, 0.05) is 18.8 Å². The molecule has 0 aliphatic heterocycles. The van der Waals surface area contributed by atoms with E-state index in [9.17, 15) is 0 Å². The number of rotatable bonds is 2. The van der Waals surface area contributed by atoms with Crippen molar-refractivity contribution in [2.75, 3.05) is 0 Å². The van der Waals surface area contributed by atoms with E-state index in [1.807, 2.05) is 27.1 Å². The third kappa shape index (κ3) is 1.79. The van der Waals surface area contributed by atoms with Crippen LogP contribution in [0.4, 0.5) is 0 Å². The van der Waals surface area contributed by atoms with Crippen molar-refractivity contribution < 1.29 is 0 Å². The lowest BCUT2D eigenvalue weighted by Crippen LogP contribution is -2.00. The maximum atomic E-state index is 6.18. The van der Waals surface area contributed by atoms with Crippen molar-refractivity contribution in [2.24, 2.45) is 7.05 Å². The summed E-state index contributed by atoms with van der Waals surface area (Å²) in [7, 11) is 1.89. The molecular weight excluding hydrogens is 276 g/mol. The topological polar surface area (TPSA) is 60.9 Å². The molecule has 0 atom stereocenters. The van der Waals surface area contributed by atoms with E-state index in [0.717, 1.165) is 34.5 Å². The van der Waals surface area contributed by atoms with Gasteiger partial charge in [0.1, 0.15) is 0 Å². The van der Waals surface area contributed by atoms with Crippen molar-refractivity contribution >= 4 is 17.2 Å². The van der Waals surface area contributed by atoms with Crippen LogP contribution in [-0.4, -0.2) is 29.6 Å². The zero-order valence-corrected chi connectivity index (χ0v) is 12.6. The second kappa shape index (κ2) is 4.56. The van der Waals surface area contributed by atoms with E-state index in [-0.39, 0.29) is 0 Å². The molecule has 0 bridgehead atoms. The van der Waals surface area contributed by atoms with Crippen LogP contribution in [0.3, 0.4) is 0 Å². The monoisotopic (exact) mass is 290 g/mol. The highest BCUT2D eigenvalue weighted by Crippen LogP contribution is 2.25. The van der Waals surface area contributed by atoms with Crippen molar-refractivity contribution in [1.82, 2.24) is 29.6 Å². The van der Waals surface area contributed by atoms with E-state index in [0.29, 0.717) is 11.0 Å². The van der Waals surface area contributed by atoms with Gasteiger partial charge in [-0.05, 0) is 25.8 Å². The number of halogens is 1. The maximum Gasteiger partial charge on any atom is 0.188 e. The normalized spacial score (nSPS) is 11.4. The van der Waals surface area contributed by atoms with E-state index in [2.05, 4.69) is 27.3 Å². The van der Waals surface area contributed by atoms with Gasteiger partial charge in [-0.2, -0.15) is 14.7 Å². The Hall–Kier alpha value is -1.95. The molecule has 0 radical (unpaired) electrons. The van der Waals surface area contributed by atoms with Gasteiger partial charge in [-0.15, -0.1) is 10.2 Å². The average Bonchev–Trinajstić information content (AvgIpc) is 2.99. The molecule has 0 aliphatic carbocycles. The second-order valence-corrected chi connectivity index (χ2v) is 5.17. The maximum absolute atomic E-state index is 6.18. The molecule has 0 amide bonds. The summed E-state index contributed by atoms with van der Waals surface area (Å²) < 4.78 is 3.47. The molecule has 7 heteroatoms. The summed E-state index contributed by atoms with van der Waals surface area (Å²) >= 11 is 6.18. The van der Waals surface area contributed by atoms with Crippen molar-refractivity contribution in [3.05, 3.63) is 28.2 Å². The lowest BCUT2D eigenvalue weighted by molar-refractivity contribution is 0.746.